The number of aryl methyl sites for hydroxylation is 3. The van der Waals surface area contributed by atoms with Gasteiger partial charge in [-0.1, -0.05) is 18.2 Å². The van der Waals surface area contributed by atoms with Gasteiger partial charge >= 0.3 is 0 Å². The molecule has 0 bridgehead atoms. The average molecular weight is 399 g/mol. The molecule has 1 aliphatic carbocycles. The van der Waals surface area contributed by atoms with Crippen molar-refractivity contribution in [1.82, 2.24) is 9.29 Å². The Bertz CT molecular complexity index is 1160. The Hall–Kier alpha value is -2.31. The number of ether oxygens (including phenoxy) is 1. The third-order valence-corrected chi connectivity index (χ3v) is 7.46. The highest BCUT2D eigenvalue weighted by atomic mass is 32.2. The maximum absolute atomic E-state index is 13.1. The van der Waals surface area contributed by atoms with Crippen molar-refractivity contribution in [1.29, 1.82) is 0 Å². The molecule has 0 fully saturated rings. The lowest BCUT2D eigenvalue weighted by molar-refractivity contribution is 0.401. The second-order valence-corrected chi connectivity index (χ2v) is 9.33. The lowest BCUT2D eigenvalue weighted by Gasteiger charge is -2.25. The molecule has 3 aromatic rings. The summed E-state index contributed by atoms with van der Waals surface area (Å²) in [5.41, 5.74) is 5.70. The zero-order chi connectivity index (χ0) is 20.1. The predicted molar refractivity (Wildman–Crippen MR) is 112 cm³/mol. The number of sulfonamides is 1. The summed E-state index contributed by atoms with van der Waals surface area (Å²) in [5.74, 6) is 0.386. The molecule has 5 nitrogen and oxygen atoms in total. The van der Waals surface area contributed by atoms with Gasteiger partial charge in [-0.25, -0.2) is 13.1 Å². The van der Waals surface area contributed by atoms with Crippen LogP contribution in [0.4, 0.5) is 0 Å². The van der Waals surface area contributed by atoms with E-state index in [0.29, 0.717) is 12.2 Å². The molecule has 1 atom stereocenters. The molecule has 1 heterocycles. The van der Waals surface area contributed by atoms with Crippen LogP contribution in [0.5, 0.6) is 5.75 Å². The van der Waals surface area contributed by atoms with Crippen molar-refractivity contribution >= 4 is 20.9 Å². The van der Waals surface area contributed by atoms with Gasteiger partial charge in [0.25, 0.3) is 0 Å². The number of nitrogens with zero attached hydrogens (tertiary/aromatic N) is 1. The summed E-state index contributed by atoms with van der Waals surface area (Å²) in [7, 11) is -0.0778. The van der Waals surface area contributed by atoms with Gasteiger partial charge in [0, 0.05) is 29.7 Å². The molecule has 1 aliphatic rings. The SMILES string of the molecule is COc1cc(C)c(C)cc1S(=O)(=O)NC1CCc2c(c3ccccc3n2C)C1. The van der Waals surface area contributed by atoms with Crippen LogP contribution in [0, 0.1) is 13.8 Å². The largest absolute Gasteiger partial charge is 0.495 e. The van der Waals surface area contributed by atoms with Gasteiger partial charge in [-0.3, -0.25) is 0 Å². The van der Waals surface area contributed by atoms with E-state index < -0.39 is 10.0 Å². The van der Waals surface area contributed by atoms with E-state index in [-0.39, 0.29) is 10.9 Å². The van der Waals surface area contributed by atoms with E-state index in [2.05, 4.69) is 28.5 Å². The van der Waals surface area contributed by atoms with Crippen molar-refractivity contribution in [2.75, 3.05) is 7.11 Å². The Morgan fingerprint density at radius 1 is 1.14 bits per heavy atom. The molecule has 6 heteroatoms. The number of para-hydroxylation sites is 1. The van der Waals surface area contributed by atoms with Crippen molar-refractivity contribution in [2.45, 2.75) is 44.0 Å². The van der Waals surface area contributed by atoms with Crippen LogP contribution >= 0.6 is 0 Å². The summed E-state index contributed by atoms with van der Waals surface area (Å²) in [6.07, 6.45) is 2.34. The van der Waals surface area contributed by atoms with E-state index in [1.807, 2.05) is 26.0 Å². The maximum atomic E-state index is 13.1. The highest BCUT2D eigenvalue weighted by Gasteiger charge is 2.29. The molecule has 2 aromatic carbocycles. The van der Waals surface area contributed by atoms with Crippen molar-refractivity contribution in [3.8, 4) is 5.75 Å². The number of hydrogen-bond acceptors (Lipinski definition) is 3. The molecule has 0 spiro atoms. The third-order valence-electron chi connectivity index (χ3n) is 5.92. The standard InChI is InChI=1S/C22H26N2O3S/c1-14-11-21(27-4)22(12-15(14)2)28(25,26)23-16-9-10-20-18(13-16)17-7-5-6-8-19(17)24(20)3/h5-8,11-12,16,23H,9-10,13H2,1-4H3. The quantitative estimate of drug-likeness (QED) is 0.730. The monoisotopic (exact) mass is 398 g/mol. The van der Waals surface area contributed by atoms with Gasteiger partial charge in [-0.15, -0.1) is 0 Å². The molecular formula is C22H26N2O3S. The molecule has 28 heavy (non-hydrogen) atoms. The minimum Gasteiger partial charge on any atom is -0.495 e. The highest BCUT2D eigenvalue weighted by molar-refractivity contribution is 7.89. The fraction of sp³-hybridized carbons (Fsp3) is 0.364. The number of rotatable bonds is 4. The zero-order valence-corrected chi connectivity index (χ0v) is 17.6. The van der Waals surface area contributed by atoms with Crippen LogP contribution in [0.2, 0.25) is 0 Å². The van der Waals surface area contributed by atoms with Gasteiger partial charge in [0.2, 0.25) is 10.0 Å². The Kier molecular flexibility index (Phi) is 4.71. The molecule has 0 saturated carbocycles. The molecule has 0 saturated heterocycles. The average Bonchev–Trinajstić information content (AvgIpc) is 2.95. The van der Waals surface area contributed by atoms with E-state index in [9.17, 15) is 8.42 Å². The van der Waals surface area contributed by atoms with Gasteiger partial charge < -0.3 is 9.30 Å². The first kappa shape index (κ1) is 19.0. The van der Waals surface area contributed by atoms with Crippen LogP contribution in [0.25, 0.3) is 10.9 Å². The van der Waals surface area contributed by atoms with Crippen LogP contribution in [0.1, 0.15) is 28.8 Å². The first-order valence-corrected chi connectivity index (χ1v) is 11.0. The lowest BCUT2D eigenvalue weighted by atomic mass is 9.92. The summed E-state index contributed by atoms with van der Waals surface area (Å²) < 4.78 is 36.8. The fourth-order valence-electron chi connectivity index (χ4n) is 4.25. The van der Waals surface area contributed by atoms with Crippen LogP contribution < -0.4 is 9.46 Å². The van der Waals surface area contributed by atoms with Crippen LogP contribution in [0.3, 0.4) is 0 Å². The van der Waals surface area contributed by atoms with Crippen LogP contribution in [-0.2, 0) is 29.9 Å². The summed E-state index contributed by atoms with van der Waals surface area (Å²) in [4.78, 5) is 0.210. The van der Waals surface area contributed by atoms with Crippen LogP contribution in [0.15, 0.2) is 41.3 Å². The molecule has 1 N–H and O–H groups in total. The fourth-order valence-corrected chi connectivity index (χ4v) is 5.75. The Morgan fingerprint density at radius 3 is 2.61 bits per heavy atom. The number of nitrogens with one attached hydrogen (secondary N) is 1. The van der Waals surface area contributed by atoms with Crippen molar-refractivity contribution < 1.29 is 13.2 Å². The Morgan fingerprint density at radius 2 is 1.86 bits per heavy atom. The number of methoxy groups -OCH3 is 1. The highest BCUT2D eigenvalue weighted by Crippen LogP contribution is 2.33. The summed E-state index contributed by atoms with van der Waals surface area (Å²) >= 11 is 0. The Labute approximate surface area is 166 Å². The van der Waals surface area contributed by atoms with Gasteiger partial charge in [0.1, 0.15) is 10.6 Å². The van der Waals surface area contributed by atoms with E-state index >= 15 is 0 Å². The van der Waals surface area contributed by atoms with Gasteiger partial charge in [-0.05, 0) is 68.0 Å². The second-order valence-electron chi connectivity index (χ2n) is 7.65. The normalized spacial score (nSPS) is 16.9. The summed E-state index contributed by atoms with van der Waals surface area (Å²) in [6, 6.07) is 11.7. The molecular weight excluding hydrogens is 372 g/mol. The van der Waals surface area contributed by atoms with E-state index in [4.69, 9.17) is 4.74 Å². The molecule has 4 rings (SSSR count). The minimum absolute atomic E-state index is 0.130. The number of benzene rings is 2. The summed E-state index contributed by atoms with van der Waals surface area (Å²) in [5, 5.41) is 1.22. The maximum Gasteiger partial charge on any atom is 0.244 e. The van der Waals surface area contributed by atoms with Crippen molar-refractivity contribution in [3.63, 3.8) is 0 Å². The second kappa shape index (κ2) is 6.94. The first-order chi connectivity index (χ1) is 13.3. The number of fused-ring (bicyclic) bond motifs is 3. The van der Waals surface area contributed by atoms with Crippen molar-refractivity contribution in [3.05, 3.63) is 58.8 Å². The Balaban J connectivity index is 1.66. The number of aromatic nitrogens is 1. The number of hydrogen-bond donors (Lipinski definition) is 1. The van der Waals surface area contributed by atoms with Gasteiger partial charge in [0.05, 0.1) is 7.11 Å². The predicted octanol–water partition coefficient (Wildman–Crippen LogP) is 3.64. The molecule has 1 unspecified atom stereocenters. The van der Waals surface area contributed by atoms with Gasteiger partial charge in [0.15, 0.2) is 0 Å². The topological polar surface area (TPSA) is 60.3 Å². The van der Waals surface area contributed by atoms with E-state index in [1.165, 1.54) is 29.3 Å². The minimum atomic E-state index is -3.67. The molecule has 0 amide bonds. The van der Waals surface area contributed by atoms with Gasteiger partial charge in [-0.2, -0.15) is 0 Å². The molecule has 0 radical (unpaired) electrons. The lowest BCUT2D eigenvalue weighted by Crippen LogP contribution is -2.39. The first-order valence-electron chi connectivity index (χ1n) is 9.54. The smallest absolute Gasteiger partial charge is 0.244 e. The molecule has 0 aliphatic heterocycles. The molecule has 148 valence electrons. The van der Waals surface area contributed by atoms with Crippen LogP contribution in [-0.4, -0.2) is 26.1 Å². The summed E-state index contributed by atoms with van der Waals surface area (Å²) in [6.45, 7) is 3.86. The third kappa shape index (κ3) is 3.10. The van der Waals surface area contributed by atoms with E-state index in [0.717, 1.165) is 24.0 Å². The van der Waals surface area contributed by atoms with Crippen molar-refractivity contribution in [2.24, 2.45) is 7.05 Å². The molecule has 1 aromatic heterocycles. The zero-order valence-electron chi connectivity index (χ0n) is 16.7. The van der Waals surface area contributed by atoms with E-state index in [1.54, 1.807) is 12.1 Å².